The number of amides is 1. The summed E-state index contributed by atoms with van der Waals surface area (Å²) in [7, 11) is -3.66. The summed E-state index contributed by atoms with van der Waals surface area (Å²) in [5, 5.41) is 0. The molecule has 2 heterocycles. The quantitative estimate of drug-likeness (QED) is 0.460. The maximum absolute atomic E-state index is 14.9. The van der Waals surface area contributed by atoms with Crippen molar-refractivity contribution in [1.82, 2.24) is 0 Å². The van der Waals surface area contributed by atoms with Crippen LogP contribution in [0.25, 0.3) is 0 Å². The zero-order valence-electron chi connectivity index (χ0n) is 18.4. The van der Waals surface area contributed by atoms with Crippen LogP contribution in [-0.4, -0.2) is 64.7 Å². The Kier molecular flexibility index (Phi) is 5.61. The van der Waals surface area contributed by atoms with Gasteiger partial charge in [-0.3, -0.25) is 13.9 Å². The van der Waals surface area contributed by atoms with Gasteiger partial charge in [0.15, 0.2) is 0 Å². The molecule has 4 atom stereocenters. The summed E-state index contributed by atoms with van der Waals surface area (Å²) in [5.74, 6) is -0.481. The summed E-state index contributed by atoms with van der Waals surface area (Å²) in [6, 6.07) is 4.48. The molecule has 1 aromatic carbocycles. The maximum Gasteiger partial charge on any atom is 0.414 e. The molecule has 1 aliphatic carbocycles. The third-order valence-electron chi connectivity index (χ3n) is 5.80. The minimum Gasteiger partial charge on any atom is -0.460 e. The highest BCUT2D eigenvalue weighted by molar-refractivity contribution is 7.85. The van der Waals surface area contributed by atoms with E-state index in [1.54, 1.807) is 12.1 Å². The van der Waals surface area contributed by atoms with Gasteiger partial charge in [0.2, 0.25) is 0 Å². The van der Waals surface area contributed by atoms with Crippen molar-refractivity contribution in [1.29, 1.82) is 0 Å². The van der Waals surface area contributed by atoms with Gasteiger partial charge in [-0.15, -0.1) is 0 Å². The van der Waals surface area contributed by atoms with E-state index in [1.807, 2.05) is 25.7 Å². The Balaban J connectivity index is 1.36. The van der Waals surface area contributed by atoms with E-state index in [2.05, 4.69) is 4.18 Å². The van der Waals surface area contributed by atoms with Gasteiger partial charge < -0.3 is 14.4 Å². The lowest BCUT2D eigenvalue weighted by Crippen LogP contribution is -2.31. The van der Waals surface area contributed by atoms with Crippen LogP contribution in [0, 0.1) is 23.6 Å². The van der Waals surface area contributed by atoms with Crippen LogP contribution < -0.4 is 9.80 Å². The third kappa shape index (κ3) is 4.83. The number of carbonyl (C=O) groups excluding carboxylic acids is 2. The Morgan fingerprint density at radius 1 is 1.22 bits per heavy atom. The highest BCUT2D eigenvalue weighted by Gasteiger charge is 2.61. The number of fused-ring (bicyclic) bond motifs is 1. The van der Waals surface area contributed by atoms with Crippen molar-refractivity contribution in [2.24, 2.45) is 17.8 Å². The molecule has 0 spiro atoms. The fourth-order valence-corrected chi connectivity index (χ4v) is 4.78. The predicted octanol–water partition coefficient (Wildman–Crippen LogP) is 2.15. The first kappa shape index (κ1) is 22.8. The van der Waals surface area contributed by atoms with Gasteiger partial charge in [-0.05, 0) is 50.8 Å². The first-order valence-corrected chi connectivity index (χ1v) is 12.2. The Bertz CT molecular complexity index is 1030. The molecular weight excluding hydrogens is 443 g/mol. The van der Waals surface area contributed by atoms with Gasteiger partial charge in [0.1, 0.15) is 24.1 Å². The minimum absolute atomic E-state index is 0.0541. The Morgan fingerprint density at radius 3 is 2.44 bits per heavy atom. The summed E-state index contributed by atoms with van der Waals surface area (Å²) in [5.41, 5.74) is 0.199. The lowest BCUT2D eigenvalue weighted by Gasteiger charge is -2.25. The van der Waals surface area contributed by atoms with Gasteiger partial charge in [0, 0.05) is 13.1 Å². The fraction of sp³-hybridized carbons (Fsp3) is 0.619. The van der Waals surface area contributed by atoms with Gasteiger partial charge >= 0.3 is 12.1 Å². The van der Waals surface area contributed by atoms with Crippen molar-refractivity contribution in [3.63, 3.8) is 0 Å². The number of hydrogen-bond donors (Lipinski definition) is 0. The normalized spacial score (nSPS) is 27.3. The highest BCUT2D eigenvalue weighted by Crippen LogP contribution is 2.53. The zero-order valence-corrected chi connectivity index (χ0v) is 19.2. The number of carbonyl (C=O) groups is 2. The number of anilines is 2. The molecule has 0 radical (unpaired) electrons. The second-order valence-electron chi connectivity index (χ2n) is 9.53. The fourth-order valence-electron chi connectivity index (χ4n) is 4.38. The van der Waals surface area contributed by atoms with E-state index in [4.69, 9.17) is 9.47 Å². The monoisotopic (exact) mass is 470 g/mol. The molecule has 0 aromatic heterocycles. The molecule has 3 aliphatic rings. The summed E-state index contributed by atoms with van der Waals surface area (Å²) in [6.07, 6.45) is -0.550. The Labute approximate surface area is 186 Å². The summed E-state index contributed by atoms with van der Waals surface area (Å²) in [6.45, 7) is 6.41. The summed E-state index contributed by atoms with van der Waals surface area (Å²) in [4.78, 5) is 27.6. The second kappa shape index (κ2) is 7.87. The standard InChI is InChI=1S/C21H27FN2O7S/c1-21(2,3)31-19(25)18-14-9-23(10-15(14)18)17-6-5-12(7-16(17)22)24-8-13(30-20(24)26)11-29-32(4,27)28/h5-7,13-15,18H,8-11H2,1-4H3/t13-,14-,15+,18?/m1/s1. The first-order valence-electron chi connectivity index (χ1n) is 10.4. The molecule has 0 bridgehead atoms. The number of cyclic esters (lactones) is 1. The molecule has 3 fully saturated rings. The van der Waals surface area contributed by atoms with E-state index < -0.39 is 33.7 Å². The molecule has 2 aliphatic heterocycles. The van der Waals surface area contributed by atoms with E-state index in [0.717, 1.165) is 6.26 Å². The van der Waals surface area contributed by atoms with Gasteiger partial charge in [-0.2, -0.15) is 8.42 Å². The summed E-state index contributed by atoms with van der Waals surface area (Å²) >= 11 is 0. The van der Waals surface area contributed by atoms with E-state index >= 15 is 0 Å². The van der Waals surface area contributed by atoms with Crippen molar-refractivity contribution >= 4 is 33.6 Å². The molecule has 2 saturated heterocycles. The number of ether oxygens (including phenoxy) is 2. The van der Waals surface area contributed by atoms with Crippen LogP contribution >= 0.6 is 0 Å². The smallest absolute Gasteiger partial charge is 0.414 e. The maximum atomic E-state index is 14.9. The van der Waals surface area contributed by atoms with E-state index in [0.29, 0.717) is 24.5 Å². The van der Waals surface area contributed by atoms with Crippen LogP contribution in [0.5, 0.6) is 0 Å². The van der Waals surface area contributed by atoms with Crippen molar-refractivity contribution in [3.8, 4) is 0 Å². The molecule has 1 unspecified atom stereocenters. The predicted molar refractivity (Wildman–Crippen MR) is 113 cm³/mol. The second-order valence-corrected chi connectivity index (χ2v) is 11.2. The number of hydrogen-bond acceptors (Lipinski definition) is 8. The van der Waals surface area contributed by atoms with Gasteiger partial charge in [0.05, 0.1) is 30.1 Å². The van der Waals surface area contributed by atoms with Crippen molar-refractivity contribution in [2.45, 2.75) is 32.5 Å². The highest BCUT2D eigenvalue weighted by atomic mass is 32.2. The summed E-state index contributed by atoms with van der Waals surface area (Å²) < 4.78 is 52.4. The molecule has 32 heavy (non-hydrogen) atoms. The molecular formula is C21H27FN2O7S. The average molecular weight is 471 g/mol. The van der Waals surface area contributed by atoms with E-state index in [9.17, 15) is 22.4 Å². The molecule has 9 nitrogen and oxygen atoms in total. The van der Waals surface area contributed by atoms with Crippen molar-refractivity contribution in [3.05, 3.63) is 24.0 Å². The average Bonchev–Trinajstić information content (AvgIpc) is 2.97. The third-order valence-corrected chi connectivity index (χ3v) is 6.36. The van der Waals surface area contributed by atoms with Crippen LogP contribution in [0.2, 0.25) is 0 Å². The molecule has 1 amide bonds. The Morgan fingerprint density at radius 2 is 1.88 bits per heavy atom. The number of esters is 1. The SMILES string of the molecule is CC(C)(C)OC(=O)C1[C@H]2CN(c3ccc(N4C[C@H](COS(C)(=O)=O)OC4=O)cc3F)C[C@@H]12. The molecule has 1 aromatic rings. The lowest BCUT2D eigenvalue weighted by atomic mass is 10.1. The number of benzene rings is 1. The number of halogens is 1. The van der Waals surface area contributed by atoms with Crippen molar-refractivity contribution in [2.75, 3.05) is 42.3 Å². The number of piperidine rings is 1. The van der Waals surface area contributed by atoms with Crippen LogP contribution in [0.4, 0.5) is 20.6 Å². The van der Waals surface area contributed by atoms with Gasteiger partial charge in [-0.25, -0.2) is 9.18 Å². The van der Waals surface area contributed by atoms with Gasteiger partial charge in [0.25, 0.3) is 10.1 Å². The van der Waals surface area contributed by atoms with E-state index in [-0.39, 0.29) is 36.9 Å². The van der Waals surface area contributed by atoms with Crippen LogP contribution in [0.15, 0.2) is 18.2 Å². The number of nitrogens with zero attached hydrogens (tertiary/aromatic N) is 2. The van der Waals surface area contributed by atoms with Crippen LogP contribution in [-0.2, 0) is 28.6 Å². The molecule has 176 valence electrons. The Hall–Kier alpha value is -2.40. The zero-order chi connectivity index (χ0) is 23.4. The lowest BCUT2D eigenvalue weighted by molar-refractivity contribution is -0.157. The van der Waals surface area contributed by atoms with E-state index in [1.165, 1.54) is 11.0 Å². The largest absolute Gasteiger partial charge is 0.460 e. The molecule has 4 rings (SSSR count). The van der Waals surface area contributed by atoms with Crippen LogP contribution in [0.3, 0.4) is 0 Å². The topological polar surface area (TPSA) is 102 Å². The van der Waals surface area contributed by atoms with Gasteiger partial charge in [-0.1, -0.05) is 0 Å². The molecule has 11 heteroatoms. The van der Waals surface area contributed by atoms with Crippen molar-refractivity contribution < 1.29 is 36.1 Å². The molecule has 0 N–H and O–H groups in total. The minimum atomic E-state index is -3.66. The van der Waals surface area contributed by atoms with Crippen LogP contribution in [0.1, 0.15) is 20.8 Å². The molecule has 1 saturated carbocycles. The first-order chi connectivity index (χ1) is 14.8. The number of rotatable bonds is 6.